The molecule has 3 N–H and O–H groups in total. The number of H-pyrrole nitrogens is 1. The molecule has 1 atom stereocenters. The Kier molecular flexibility index (Phi) is 4.56. The maximum atomic E-state index is 11.8. The number of carbonyl (C=O) groups excluding carboxylic acids is 1. The fourth-order valence-electron chi connectivity index (χ4n) is 2.96. The largest absolute Gasteiger partial charge is 0.361 e. The van der Waals surface area contributed by atoms with Gasteiger partial charge in [0, 0.05) is 29.7 Å². The van der Waals surface area contributed by atoms with Crippen LogP contribution in [0.15, 0.2) is 30.5 Å². The highest BCUT2D eigenvalue weighted by Gasteiger charge is 2.28. The quantitative estimate of drug-likeness (QED) is 0.725. The Balaban J connectivity index is 1.40. The second-order valence-electron chi connectivity index (χ2n) is 5.96. The van der Waals surface area contributed by atoms with Crippen LogP contribution in [0.2, 0.25) is 0 Å². The zero-order chi connectivity index (χ0) is 16.3. The van der Waals surface area contributed by atoms with E-state index < -0.39 is 9.84 Å². The number of hydrogen-bond donors (Lipinski definition) is 3. The van der Waals surface area contributed by atoms with Crippen molar-refractivity contribution in [1.82, 2.24) is 15.6 Å². The first-order chi connectivity index (χ1) is 11.0. The van der Waals surface area contributed by atoms with Crippen molar-refractivity contribution in [3.63, 3.8) is 0 Å². The van der Waals surface area contributed by atoms with E-state index in [0.717, 1.165) is 18.4 Å². The van der Waals surface area contributed by atoms with Crippen LogP contribution in [-0.2, 0) is 16.3 Å². The van der Waals surface area contributed by atoms with E-state index in [-0.39, 0.29) is 23.6 Å². The fourth-order valence-corrected chi connectivity index (χ4v) is 4.64. The predicted molar refractivity (Wildman–Crippen MR) is 90.2 cm³/mol. The van der Waals surface area contributed by atoms with Gasteiger partial charge in [-0.3, -0.25) is 0 Å². The van der Waals surface area contributed by atoms with Gasteiger partial charge >= 0.3 is 6.03 Å². The minimum Gasteiger partial charge on any atom is -0.361 e. The minimum absolute atomic E-state index is 0.0513. The second-order valence-corrected chi connectivity index (χ2v) is 8.19. The maximum absolute atomic E-state index is 11.8. The molecule has 1 saturated heterocycles. The Hall–Kier alpha value is -2.02. The third-order valence-corrected chi connectivity index (χ3v) is 5.92. The Morgan fingerprint density at radius 2 is 2.13 bits per heavy atom. The number of urea groups is 1. The van der Waals surface area contributed by atoms with Crippen LogP contribution in [0.3, 0.4) is 0 Å². The van der Waals surface area contributed by atoms with E-state index in [0.29, 0.717) is 13.0 Å². The van der Waals surface area contributed by atoms with Crippen molar-refractivity contribution in [2.75, 3.05) is 18.1 Å². The third kappa shape index (κ3) is 4.04. The van der Waals surface area contributed by atoms with Gasteiger partial charge in [0.05, 0.1) is 11.5 Å². The number of sulfone groups is 1. The topological polar surface area (TPSA) is 91.1 Å². The highest BCUT2D eigenvalue weighted by atomic mass is 32.2. The van der Waals surface area contributed by atoms with Crippen molar-refractivity contribution in [3.8, 4) is 0 Å². The van der Waals surface area contributed by atoms with Crippen LogP contribution in [0.25, 0.3) is 10.9 Å². The first kappa shape index (κ1) is 15.9. The molecule has 2 aromatic rings. The summed E-state index contributed by atoms with van der Waals surface area (Å²) in [5.41, 5.74) is 2.36. The Labute approximate surface area is 135 Å². The van der Waals surface area contributed by atoms with Gasteiger partial charge in [-0.1, -0.05) is 18.2 Å². The molecule has 2 amide bonds. The molecule has 0 bridgehead atoms. The number of aromatic nitrogens is 1. The molecule has 1 aromatic heterocycles. The molecule has 0 radical (unpaired) electrons. The molecule has 0 aliphatic carbocycles. The summed E-state index contributed by atoms with van der Waals surface area (Å²) in [4.78, 5) is 15.0. The lowest BCUT2D eigenvalue weighted by Crippen LogP contribution is -2.43. The number of aromatic amines is 1. The molecule has 3 rings (SSSR count). The van der Waals surface area contributed by atoms with Gasteiger partial charge < -0.3 is 15.6 Å². The smallest absolute Gasteiger partial charge is 0.315 e. The van der Waals surface area contributed by atoms with Crippen LogP contribution in [0.5, 0.6) is 0 Å². The Morgan fingerprint density at radius 1 is 1.30 bits per heavy atom. The first-order valence-electron chi connectivity index (χ1n) is 7.83. The average Bonchev–Trinajstić information content (AvgIpc) is 3.07. The number of amides is 2. The molecule has 0 saturated carbocycles. The summed E-state index contributed by atoms with van der Waals surface area (Å²) in [6, 6.07) is 7.60. The van der Waals surface area contributed by atoms with Gasteiger partial charge in [-0.15, -0.1) is 0 Å². The maximum Gasteiger partial charge on any atom is 0.315 e. The summed E-state index contributed by atoms with van der Waals surface area (Å²) >= 11 is 0. The lowest BCUT2D eigenvalue weighted by Gasteiger charge is -2.11. The van der Waals surface area contributed by atoms with Crippen LogP contribution < -0.4 is 10.6 Å². The van der Waals surface area contributed by atoms with E-state index in [1.807, 2.05) is 24.4 Å². The molecular weight excluding hydrogens is 314 g/mol. The van der Waals surface area contributed by atoms with Crippen molar-refractivity contribution >= 4 is 26.8 Å². The molecule has 7 heteroatoms. The summed E-state index contributed by atoms with van der Waals surface area (Å²) in [6.07, 6.45) is 4.22. The molecule has 1 aliphatic rings. The van der Waals surface area contributed by atoms with Gasteiger partial charge in [-0.05, 0) is 30.9 Å². The standard InChI is InChI=1S/C16H21N3O3S/c20-16(19-13-7-9-23(21,22)11-13)17-8-3-4-12-10-18-15-6-2-1-5-14(12)15/h1-2,5-6,10,13,18H,3-4,7-9,11H2,(H2,17,19,20)/t13-/m0/s1. The zero-order valence-corrected chi connectivity index (χ0v) is 13.7. The monoisotopic (exact) mass is 335 g/mol. The van der Waals surface area contributed by atoms with Gasteiger partial charge in [0.25, 0.3) is 0 Å². The number of hydrogen-bond acceptors (Lipinski definition) is 3. The van der Waals surface area contributed by atoms with E-state index >= 15 is 0 Å². The Morgan fingerprint density at radius 3 is 2.91 bits per heavy atom. The predicted octanol–water partition coefficient (Wildman–Crippen LogP) is 1.59. The third-order valence-electron chi connectivity index (χ3n) is 4.15. The van der Waals surface area contributed by atoms with Crippen molar-refractivity contribution in [1.29, 1.82) is 0 Å². The van der Waals surface area contributed by atoms with E-state index in [1.165, 1.54) is 10.9 Å². The van der Waals surface area contributed by atoms with Crippen LogP contribution in [0, 0.1) is 0 Å². The normalized spacial score (nSPS) is 19.7. The molecular formula is C16H21N3O3S. The lowest BCUT2D eigenvalue weighted by molar-refractivity contribution is 0.238. The van der Waals surface area contributed by atoms with Crippen molar-refractivity contribution in [2.45, 2.75) is 25.3 Å². The van der Waals surface area contributed by atoms with Gasteiger partial charge in [0.1, 0.15) is 0 Å². The number of aryl methyl sites for hydroxylation is 1. The van der Waals surface area contributed by atoms with Crippen LogP contribution in [0.4, 0.5) is 4.79 Å². The molecule has 2 heterocycles. The molecule has 124 valence electrons. The SMILES string of the molecule is O=C(NCCCc1c[nH]c2ccccc12)N[C@H]1CCS(=O)(=O)C1. The summed E-state index contributed by atoms with van der Waals surface area (Å²) in [6.45, 7) is 0.560. The molecule has 0 spiro atoms. The van der Waals surface area contributed by atoms with E-state index in [9.17, 15) is 13.2 Å². The van der Waals surface area contributed by atoms with Gasteiger partial charge in [0.15, 0.2) is 9.84 Å². The summed E-state index contributed by atoms with van der Waals surface area (Å²) < 4.78 is 22.7. The molecule has 1 aromatic carbocycles. The summed E-state index contributed by atoms with van der Waals surface area (Å²) in [7, 11) is -2.96. The van der Waals surface area contributed by atoms with Crippen LogP contribution in [-0.4, -0.2) is 43.5 Å². The van der Waals surface area contributed by atoms with Crippen molar-refractivity contribution < 1.29 is 13.2 Å². The number of carbonyl (C=O) groups is 1. The number of para-hydroxylation sites is 1. The highest BCUT2D eigenvalue weighted by molar-refractivity contribution is 7.91. The van der Waals surface area contributed by atoms with Crippen molar-refractivity contribution in [2.24, 2.45) is 0 Å². The summed E-state index contributed by atoms with van der Waals surface area (Å²) in [5, 5.41) is 6.73. The van der Waals surface area contributed by atoms with Crippen LogP contribution >= 0.6 is 0 Å². The average molecular weight is 335 g/mol. The van der Waals surface area contributed by atoms with Crippen molar-refractivity contribution in [3.05, 3.63) is 36.0 Å². The van der Waals surface area contributed by atoms with Gasteiger partial charge in [-0.25, -0.2) is 13.2 Å². The summed E-state index contributed by atoms with van der Waals surface area (Å²) in [5.74, 6) is 0.217. The Bertz CT molecular complexity index is 798. The number of nitrogens with one attached hydrogen (secondary N) is 3. The molecule has 1 aliphatic heterocycles. The first-order valence-corrected chi connectivity index (χ1v) is 9.65. The van der Waals surface area contributed by atoms with E-state index in [2.05, 4.69) is 21.7 Å². The fraction of sp³-hybridized carbons (Fsp3) is 0.438. The molecule has 23 heavy (non-hydrogen) atoms. The van der Waals surface area contributed by atoms with Gasteiger partial charge in [0.2, 0.25) is 0 Å². The van der Waals surface area contributed by atoms with E-state index in [4.69, 9.17) is 0 Å². The number of rotatable bonds is 5. The van der Waals surface area contributed by atoms with E-state index in [1.54, 1.807) is 0 Å². The highest BCUT2D eigenvalue weighted by Crippen LogP contribution is 2.18. The second kappa shape index (κ2) is 6.62. The molecule has 0 unspecified atom stereocenters. The van der Waals surface area contributed by atoms with Gasteiger partial charge in [-0.2, -0.15) is 0 Å². The number of benzene rings is 1. The van der Waals surface area contributed by atoms with Crippen LogP contribution in [0.1, 0.15) is 18.4 Å². The minimum atomic E-state index is -2.96. The lowest BCUT2D eigenvalue weighted by atomic mass is 10.1. The zero-order valence-electron chi connectivity index (χ0n) is 12.8. The number of fused-ring (bicyclic) bond motifs is 1. The molecule has 1 fully saturated rings. The molecule has 6 nitrogen and oxygen atoms in total.